The summed E-state index contributed by atoms with van der Waals surface area (Å²) in [5.74, 6) is -2.74. The van der Waals surface area contributed by atoms with Gasteiger partial charge in [-0.15, -0.1) is 0 Å². The smallest absolute Gasteiger partial charge is 0.305 e. The standard InChI is InChI=1S/C19H16N2O5/c22-16(20-15(10-17(23)24)12-6-2-1-3-7-12)11-21-18(25)13-8-4-5-9-14(13)19(21)26/h1-9,15H,10-11H2,(H,20,22)(H,23,24). The Morgan fingerprint density at radius 2 is 1.46 bits per heavy atom. The first-order valence-electron chi connectivity index (χ1n) is 7.98. The molecule has 3 amide bonds. The van der Waals surface area contributed by atoms with Gasteiger partial charge in [0, 0.05) is 0 Å². The van der Waals surface area contributed by atoms with Crippen LogP contribution in [0.1, 0.15) is 38.7 Å². The Hall–Kier alpha value is -3.48. The second-order valence-electron chi connectivity index (χ2n) is 5.87. The molecule has 0 bridgehead atoms. The molecule has 132 valence electrons. The summed E-state index contributed by atoms with van der Waals surface area (Å²) in [7, 11) is 0. The van der Waals surface area contributed by atoms with Crippen molar-refractivity contribution >= 4 is 23.7 Å². The highest BCUT2D eigenvalue weighted by molar-refractivity contribution is 6.22. The summed E-state index contributed by atoms with van der Waals surface area (Å²) < 4.78 is 0. The van der Waals surface area contributed by atoms with Crippen LogP contribution < -0.4 is 5.32 Å². The first-order valence-corrected chi connectivity index (χ1v) is 7.98. The summed E-state index contributed by atoms with van der Waals surface area (Å²) in [5.41, 5.74) is 1.15. The molecule has 0 radical (unpaired) electrons. The van der Waals surface area contributed by atoms with Crippen LogP contribution in [-0.4, -0.2) is 40.2 Å². The zero-order chi connectivity index (χ0) is 18.7. The summed E-state index contributed by atoms with van der Waals surface area (Å²) in [6.45, 7) is -0.463. The molecule has 2 N–H and O–H groups in total. The number of carboxylic acid groups (broad SMARTS) is 1. The van der Waals surface area contributed by atoms with Crippen molar-refractivity contribution in [2.45, 2.75) is 12.5 Å². The fourth-order valence-electron chi connectivity index (χ4n) is 2.88. The van der Waals surface area contributed by atoms with Gasteiger partial charge in [-0.3, -0.25) is 24.1 Å². The number of nitrogens with zero attached hydrogens (tertiary/aromatic N) is 1. The number of imide groups is 1. The van der Waals surface area contributed by atoms with Crippen molar-refractivity contribution in [2.75, 3.05) is 6.54 Å². The Bertz CT molecular complexity index is 844. The van der Waals surface area contributed by atoms with Gasteiger partial charge < -0.3 is 10.4 Å². The topological polar surface area (TPSA) is 104 Å². The number of aliphatic carboxylic acids is 1. The quantitative estimate of drug-likeness (QED) is 0.769. The van der Waals surface area contributed by atoms with Gasteiger partial charge in [-0.05, 0) is 17.7 Å². The lowest BCUT2D eigenvalue weighted by atomic mass is 10.0. The average Bonchev–Trinajstić information content (AvgIpc) is 2.87. The molecule has 1 aliphatic heterocycles. The van der Waals surface area contributed by atoms with Gasteiger partial charge in [0.15, 0.2) is 0 Å². The molecule has 0 saturated carbocycles. The lowest BCUT2D eigenvalue weighted by Gasteiger charge is -2.19. The summed E-state index contributed by atoms with van der Waals surface area (Å²) in [6, 6.07) is 14.3. The van der Waals surface area contributed by atoms with E-state index < -0.39 is 36.3 Å². The van der Waals surface area contributed by atoms with Crippen LogP contribution in [0.4, 0.5) is 0 Å². The molecule has 7 nitrogen and oxygen atoms in total. The Kier molecular flexibility index (Phi) is 4.79. The van der Waals surface area contributed by atoms with Crippen LogP contribution in [0.25, 0.3) is 0 Å². The highest BCUT2D eigenvalue weighted by Crippen LogP contribution is 2.22. The van der Waals surface area contributed by atoms with Crippen molar-refractivity contribution in [3.8, 4) is 0 Å². The highest BCUT2D eigenvalue weighted by atomic mass is 16.4. The third-order valence-electron chi connectivity index (χ3n) is 4.10. The molecule has 3 rings (SSSR count). The summed E-state index contributed by atoms with van der Waals surface area (Å²) in [4.78, 5) is 48.9. The van der Waals surface area contributed by atoms with E-state index in [0.717, 1.165) is 4.90 Å². The van der Waals surface area contributed by atoms with Crippen molar-refractivity contribution in [1.82, 2.24) is 10.2 Å². The average molecular weight is 352 g/mol. The van der Waals surface area contributed by atoms with E-state index in [4.69, 9.17) is 5.11 Å². The van der Waals surface area contributed by atoms with E-state index in [-0.39, 0.29) is 17.5 Å². The molecular formula is C19H16N2O5. The minimum absolute atomic E-state index is 0.260. The Balaban J connectivity index is 1.72. The first-order chi connectivity index (χ1) is 12.5. The number of hydrogen-bond acceptors (Lipinski definition) is 4. The lowest BCUT2D eigenvalue weighted by Crippen LogP contribution is -2.42. The van der Waals surface area contributed by atoms with E-state index in [1.165, 1.54) is 12.1 Å². The molecule has 0 fully saturated rings. The Morgan fingerprint density at radius 1 is 0.923 bits per heavy atom. The number of rotatable bonds is 6. The number of nitrogens with one attached hydrogen (secondary N) is 1. The number of benzene rings is 2. The molecule has 2 aromatic rings. The third kappa shape index (κ3) is 3.46. The van der Waals surface area contributed by atoms with Crippen molar-refractivity contribution in [1.29, 1.82) is 0 Å². The molecule has 1 aliphatic rings. The molecule has 7 heteroatoms. The molecule has 2 aromatic carbocycles. The summed E-state index contributed by atoms with van der Waals surface area (Å²) >= 11 is 0. The maximum atomic E-state index is 12.4. The van der Waals surface area contributed by atoms with Gasteiger partial charge in [0.1, 0.15) is 6.54 Å². The molecule has 0 aliphatic carbocycles. The largest absolute Gasteiger partial charge is 0.481 e. The molecule has 0 saturated heterocycles. The molecule has 0 spiro atoms. The first kappa shape index (κ1) is 17.3. The van der Waals surface area contributed by atoms with Crippen LogP contribution in [0.3, 0.4) is 0 Å². The number of fused-ring (bicyclic) bond motifs is 1. The zero-order valence-electron chi connectivity index (χ0n) is 13.7. The monoisotopic (exact) mass is 352 g/mol. The molecule has 1 heterocycles. The van der Waals surface area contributed by atoms with Gasteiger partial charge in [0.2, 0.25) is 5.91 Å². The van der Waals surface area contributed by atoms with Crippen LogP contribution in [0, 0.1) is 0 Å². The second kappa shape index (κ2) is 7.18. The molecular weight excluding hydrogens is 336 g/mol. The van der Waals surface area contributed by atoms with Gasteiger partial charge in [0.25, 0.3) is 11.8 Å². The summed E-state index contributed by atoms with van der Waals surface area (Å²) in [6.07, 6.45) is -0.308. The minimum atomic E-state index is -1.07. The van der Waals surface area contributed by atoms with Crippen molar-refractivity contribution in [3.63, 3.8) is 0 Å². The van der Waals surface area contributed by atoms with E-state index in [1.807, 2.05) is 0 Å². The van der Waals surface area contributed by atoms with Crippen molar-refractivity contribution in [3.05, 3.63) is 71.3 Å². The van der Waals surface area contributed by atoms with E-state index in [0.29, 0.717) is 5.56 Å². The van der Waals surface area contributed by atoms with Gasteiger partial charge in [-0.25, -0.2) is 0 Å². The molecule has 0 aromatic heterocycles. The number of carbonyl (C=O) groups excluding carboxylic acids is 3. The van der Waals surface area contributed by atoms with Gasteiger partial charge in [-0.2, -0.15) is 0 Å². The van der Waals surface area contributed by atoms with Crippen LogP contribution in [0.2, 0.25) is 0 Å². The van der Waals surface area contributed by atoms with Crippen LogP contribution in [0.15, 0.2) is 54.6 Å². The van der Waals surface area contributed by atoms with E-state index >= 15 is 0 Å². The van der Waals surface area contributed by atoms with E-state index in [9.17, 15) is 19.2 Å². The predicted octanol–water partition coefficient (Wildman–Crippen LogP) is 1.61. The van der Waals surface area contributed by atoms with Crippen LogP contribution in [0.5, 0.6) is 0 Å². The number of carbonyl (C=O) groups is 4. The van der Waals surface area contributed by atoms with E-state index in [1.54, 1.807) is 42.5 Å². The normalized spacial score (nSPS) is 14.1. The molecule has 1 unspecified atom stereocenters. The van der Waals surface area contributed by atoms with Crippen molar-refractivity contribution in [2.24, 2.45) is 0 Å². The van der Waals surface area contributed by atoms with Crippen LogP contribution in [-0.2, 0) is 9.59 Å². The number of carboxylic acids is 1. The fraction of sp³-hybridized carbons (Fsp3) is 0.158. The fourth-order valence-corrected chi connectivity index (χ4v) is 2.88. The van der Waals surface area contributed by atoms with Gasteiger partial charge >= 0.3 is 5.97 Å². The van der Waals surface area contributed by atoms with Crippen molar-refractivity contribution < 1.29 is 24.3 Å². The SMILES string of the molecule is O=C(O)CC(NC(=O)CN1C(=O)c2ccccc2C1=O)c1ccccc1. The number of amides is 3. The maximum Gasteiger partial charge on any atom is 0.305 e. The van der Waals surface area contributed by atoms with E-state index in [2.05, 4.69) is 5.32 Å². The molecule has 26 heavy (non-hydrogen) atoms. The van der Waals surface area contributed by atoms with Crippen LogP contribution >= 0.6 is 0 Å². The Labute approximate surface area is 149 Å². The minimum Gasteiger partial charge on any atom is -0.481 e. The van der Waals surface area contributed by atoms with Gasteiger partial charge in [-0.1, -0.05) is 42.5 Å². The highest BCUT2D eigenvalue weighted by Gasteiger charge is 2.36. The number of hydrogen-bond donors (Lipinski definition) is 2. The summed E-state index contributed by atoms with van der Waals surface area (Å²) in [5, 5.41) is 11.7. The van der Waals surface area contributed by atoms with Gasteiger partial charge in [0.05, 0.1) is 23.6 Å². The molecule has 1 atom stereocenters. The lowest BCUT2D eigenvalue weighted by molar-refractivity contribution is -0.137. The maximum absolute atomic E-state index is 12.4. The third-order valence-corrected chi connectivity index (χ3v) is 4.10. The Morgan fingerprint density at radius 3 is 2.00 bits per heavy atom. The predicted molar refractivity (Wildman–Crippen MR) is 91.4 cm³/mol. The zero-order valence-corrected chi connectivity index (χ0v) is 13.7. The second-order valence-corrected chi connectivity index (χ2v) is 5.87.